The van der Waals surface area contributed by atoms with Crippen LogP contribution in [-0.2, 0) is 4.74 Å². The topological polar surface area (TPSA) is 120 Å². The van der Waals surface area contributed by atoms with Gasteiger partial charge in [-0.1, -0.05) is 36.4 Å². The van der Waals surface area contributed by atoms with E-state index in [0.29, 0.717) is 53.6 Å². The number of nitrogens with zero attached hydrogens (tertiary/aromatic N) is 5. The molecule has 2 aliphatic heterocycles. The molecule has 248 valence electrons. The van der Waals surface area contributed by atoms with Crippen LogP contribution in [0.4, 0.5) is 17.1 Å². The Hall–Kier alpha value is -5.13. The van der Waals surface area contributed by atoms with Gasteiger partial charge in [0.2, 0.25) is 0 Å². The SMILES string of the molecule is CN(CCN1CCOCC1)C(=O)c1cccc(C(=O)Nc2ccc(N3CCCCC3)cc2C(=O)Nc2cnc(-c3ccccc3)nc2)c1. The molecule has 3 amide bonds. The number of ether oxygens (including phenoxy) is 1. The van der Waals surface area contributed by atoms with Crippen molar-refractivity contribution in [1.82, 2.24) is 19.8 Å². The van der Waals surface area contributed by atoms with E-state index in [0.717, 1.165) is 56.8 Å². The first-order valence-electron chi connectivity index (χ1n) is 16.5. The van der Waals surface area contributed by atoms with E-state index < -0.39 is 11.8 Å². The van der Waals surface area contributed by atoms with E-state index in [-0.39, 0.29) is 5.91 Å². The van der Waals surface area contributed by atoms with Crippen LogP contribution in [0.15, 0.2) is 85.2 Å². The minimum absolute atomic E-state index is 0.163. The molecular weight excluding hydrogens is 606 g/mol. The summed E-state index contributed by atoms with van der Waals surface area (Å²) >= 11 is 0. The second-order valence-electron chi connectivity index (χ2n) is 12.1. The number of hydrogen-bond acceptors (Lipinski definition) is 8. The Kier molecular flexibility index (Phi) is 10.7. The van der Waals surface area contributed by atoms with Crippen molar-refractivity contribution in [3.63, 3.8) is 0 Å². The smallest absolute Gasteiger partial charge is 0.257 e. The van der Waals surface area contributed by atoms with Crippen LogP contribution in [-0.4, -0.2) is 97.0 Å². The van der Waals surface area contributed by atoms with Crippen molar-refractivity contribution in [2.75, 3.05) is 75.1 Å². The summed E-state index contributed by atoms with van der Waals surface area (Å²) in [6.07, 6.45) is 6.49. The Balaban J connectivity index is 1.18. The maximum atomic E-state index is 13.7. The standard InChI is InChI=1S/C37H41N7O4/c1-42(17-18-43-19-21-48-22-20-43)37(47)29-12-8-11-28(23-29)35(45)41-33-14-13-31(44-15-6-3-7-16-44)24-32(33)36(46)40-30-25-38-34(39-26-30)27-9-4-2-5-10-27/h2,4-5,8-14,23-26H,3,6-7,15-22H2,1H3,(H,40,46)(H,41,45). The summed E-state index contributed by atoms with van der Waals surface area (Å²) in [7, 11) is 1.77. The van der Waals surface area contributed by atoms with E-state index in [1.165, 1.54) is 6.42 Å². The molecular formula is C37H41N7O4. The van der Waals surface area contributed by atoms with E-state index >= 15 is 0 Å². The second kappa shape index (κ2) is 15.6. The molecule has 0 spiro atoms. The van der Waals surface area contributed by atoms with Crippen molar-refractivity contribution < 1.29 is 19.1 Å². The van der Waals surface area contributed by atoms with Gasteiger partial charge in [0.1, 0.15) is 0 Å². The fraction of sp³-hybridized carbons (Fsp3) is 0.324. The quantitative estimate of drug-likeness (QED) is 0.246. The van der Waals surface area contributed by atoms with Crippen LogP contribution in [0.1, 0.15) is 50.3 Å². The molecule has 11 heteroatoms. The molecule has 3 aromatic carbocycles. The monoisotopic (exact) mass is 647 g/mol. The number of carbonyl (C=O) groups is 3. The van der Waals surface area contributed by atoms with E-state index in [2.05, 4.69) is 30.4 Å². The fourth-order valence-electron chi connectivity index (χ4n) is 5.93. The number of nitrogens with one attached hydrogen (secondary N) is 2. The van der Waals surface area contributed by atoms with Crippen LogP contribution < -0.4 is 15.5 Å². The summed E-state index contributed by atoms with van der Waals surface area (Å²) in [5.74, 6) is -0.427. The molecule has 0 unspecified atom stereocenters. The summed E-state index contributed by atoms with van der Waals surface area (Å²) in [5.41, 5.74) is 3.64. The number of carbonyl (C=O) groups excluding carboxylic acids is 3. The Morgan fingerprint density at radius 3 is 2.27 bits per heavy atom. The molecule has 2 fully saturated rings. The Labute approximate surface area is 280 Å². The molecule has 1 aromatic heterocycles. The fourth-order valence-corrected chi connectivity index (χ4v) is 5.93. The highest BCUT2D eigenvalue weighted by molar-refractivity contribution is 6.13. The Bertz CT molecular complexity index is 1720. The molecule has 2 aliphatic rings. The van der Waals surface area contributed by atoms with Gasteiger partial charge >= 0.3 is 0 Å². The van der Waals surface area contributed by atoms with Crippen LogP contribution in [0.2, 0.25) is 0 Å². The number of likely N-dealkylation sites (N-methyl/N-ethyl adjacent to an activating group) is 1. The van der Waals surface area contributed by atoms with Crippen LogP contribution in [0.25, 0.3) is 11.4 Å². The third-order valence-electron chi connectivity index (χ3n) is 8.73. The normalized spacial score (nSPS) is 15.1. The summed E-state index contributed by atoms with van der Waals surface area (Å²) in [6, 6.07) is 21.8. The van der Waals surface area contributed by atoms with Gasteiger partial charge in [-0.2, -0.15) is 0 Å². The number of benzene rings is 3. The van der Waals surface area contributed by atoms with Gasteiger partial charge in [0.05, 0.1) is 42.5 Å². The van der Waals surface area contributed by atoms with Gasteiger partial charge in [-0.25, -0.2) is 9.97 Å². The minimum Gasteiger partial charge on any atom is -0.379 e. The van der Waals surface area contributed by atoms with Gasteiger partial charge < -0.3 is 25.2 Å². The summed E-state index contributed by atoms with van der Waals surface area (Å²) in [6.45, 7) is 6.25. The molecule has 48 heavy (non-hydrogen) atoms. The largest absolute Gasteiger partial charge is 0.379 e. The first-order valence-corrected chi connectivity index (χ1v) is 16.5. The number of morpholine rings is 1. The van der Waals surface area contributed by atoms with Crippen LogP contribution in [0.3, 0.4) is 0 Å². The van der Waals surface area contributed by atoms with Gasteiger partial charge in [-0.3, -0.25) is 19.3 Å². The minimum atomic E-state index is -0.420. The second-order valence-corrected chi connectivity index (χ2v) is 12.1. The molecule has 0 bridgehead atoms. The van der Waals surface area contributed by atoms with Gasteiger partial charge in [0.15, 0.2) is 5.82 Å². The van der Waals surface area contributed by atoms with Crippen molar-refractivity contribution in [2.24, 2.45) is 0 Å². The van der Waals surface area contributed by atoms with Crippen molar-refractivity contribution >= 4 is 34.8 Å². The number of aromatic nitrogens is 2. The predicted octanol–water partition coefficient (Wildman–Crippen LogP) is 5.04. The highest BCUT2D eigenvalue weighted by Gasteiger charge is 2.21. The number of piperidine rings is 1. The van der Waals surface area contributed by atoms with E-state index in [1.54, 1.807) is 54.7 Å². The highest BCUT2D eigenvalue weighted by Crippen LogP contribution is 2.27. The lowest BCUT2D eigenvalue weighted by atomic mass is 10.1. The third-order valence-corrected chi connectivity index (χ3v) is 8.73. The molecule has 6 rings (SSSR count). The predicted molar refractivity (Wildman–Crippen MR) is 187 cm³/mol. The number of anilines is 3. The number of amides is 3. The van der Waals surface area contributed by atoms with Crippen molar-refractivity contribution in [3.8, 4) is 11.4 Å². The number of hydrogen-bond donors (Lipinski definition) is 2. The van der Waals surface area contributed by atoms with Crippen LogP contribution in [0.5, 0.6) is 0 Å². The summed E-state index contributed by atoms with van der Waals surface area (Å²) < 4.78 is 5.41. The maximum Gasteiger partial charge on any atom is 0.257 e. The van der Waals surface area contributed by atoms with Crippen molar-refractivity contribution in [2.45, 2.75) is 19.3 Å². The van der Waals surface area contributed by atoms with E-state index in [4.69, 9.17) is 4.74 Å². The molecule has 0 aliphatic carbocycles. The van der Waals surface area contributed by atoms with Crippen molar-refractivity contribution in [1.29, 1.82) is 0 Å². The van der Waals surface area contributed by atoms with Crippen LogP contribution in [0, 0.1) is 0 Å². The first-order chi connectivity index (χ1) is 23.4. The zero-order valence-corrected chi connectivity index (χ0v) is 27.2. The third kappa shape index (κ3) is 8.23. The molecule has 4 aromatic rings. The molecule has 2 saturated heterocycles. The van der Waals surface area contributed by atoms with Gasteiger partial charge in [0.25, 0.3) is 17.7 Å². The molecule has 3 heterocycles. The lowest BCUT2D eigenvalue weighted by molar-refractivity contribution is 0.0338. The summed E-state index contributed by atoms with van der Waals surface area (Å²) in [5, 5.41) is 5.82. The Morgan fingerprint density at radius 1 is 0.792 bits per heavy atom. The zero-order chi connectivity index (χ0) is 33.3. The lowest BCUT2D eigenvalue weighted by Crippen LogP contribution is -2.41. The van der Waals surface area contributed by atoms with Crippen molar-refractivity contribution in [3.05, 3.63) is 102 Å². The average Bonchev–Trinajstić information content (AvgIpc) is 3.15. The molecule has 0 saturated carbocycles. The van der Waals surface area contributed by atoms with Gasteiger partial charge in [0, 0.05) is 68.7 Å². The molecule has 0 atom stereocenters. The molecule has 11 nitrogen and oxygen atoms in total. The Morgan fingerprint density at radius 2 is 1.52 bits per heavy atom. The molecule has 2 N–H and O–H groups in total. The average molecular weight is 648 g/mol. The first kappa shape index (κ1) is 32.8. The van der Waals surface area contributed by atoms with Gasteiger partial charge in [-0.05, 0) is 55.7 Å². The van der Waals surface area contributed by atoms with E-state index in [1.807, 2.05) is 42.5 Å². The van der Waals surface area contributed by atoms with E-state index in [9.17, 15) is 14.4 Å². The lowest BCUT2D eigenvalue weighted by Gasteiger charge is -2.29. The van der Waals surface area contributed by atoms with Gasteiger partial charge in [-0.15, -0.1) is 0 Å². The molecule has 0 radical (unpaired) electrons. The maximum absolute atomic E-state index is 13.7. The summed E-state index contributed by atoms with van der Waals surface area (Å²) in [4.78, 5) is 55.6. The zero-order valence-electron chi connectivity index (χ0n) is 27.2. The van der Waals surface area contributed by atoms with Crippen LogP contribution >= 0.6 is 0 Å². The highest BCUT2D eigenvalue weighted by atomic mass is 16.5. The number of rotatable bonds is 10.